The van der Waals surface area contributed by atoms with Crippen molar-refractivity contribution in [2.45, 2.75) is 26.7 Å². The van der Waals surface area contributed by atoms with Crippen LogP contribution in [0.2, 0.25) is 0 Å². The van der Waals surface area contributed by atoms with E-state index in [1.165, 1.54) is 6.33 Å². The van der Waals surface area contributed by atoms with Crippen LogP contribution in [0.15, 0.2) is 30.6 Å². The van der Waals surface area contributed by atoms with E-state index in [9.17, 15) is 4.79 Å². The molecule has 0 unspecified atom stereocenters. The number of carbonyl (C=O) groups excluding carboxylic acids is 1. The minimum absolute atomic E-state index is 0.331. The number of ether oxygens (including phenoxy) is 1. The molecule has 0 spiro atoms. The number of benzene rings is 1. The number of rotatable bonds is 5. The number of carbonyl (C=O) groups is 1. The van der Waals surface area contributed by atoms with Gasteiger partial charge >= 0.3 is 5.97 Å². The van der Waals surface area contributed by atoms with Crippen molar-refractivity contribution in [1.82, 2.24) is 9.97 Å². The number of nitrogens with zero attached hydrogens (tertiary/aromatic N) is 3. The Balaban J connectivity index is 1.74. The quantitative estimate of drug-likeness (QED) is 0.795. The normalized spacial score (nSPS) is 14.9. The van der Waals surface area contributed by atoms with Crippen LogP contribution in [0.1, 0.15) is 37.0 Å². The Kier molecular flexibility index (Phi) is 5.55. The van der Waals surface area contributed by atoms with Crippen molar-refractivity contribution in [3.05, 3.63) is 36.2 Å². The van der Waals surface area contributed by atoms with Crippen molar-refractivity contribution in [3.63, 3.8) is 0 Å². The van der Waals surface area contributed by atoms with Gasteiger partial charge in [0.2, 0.25) is 0 Å². The van der Waals surface area contributed by atoms with Crippen LogP contribution in [0.25, 0.3) is 0 Å². The summed E-state index contributed by atoms with van der Waals surface area (Å²) in [6.45, 7) is 6.32. The molecule has 0 radical (unpaired) electrons. The SMILES string of the molecule is CCOC(=O)c1ccc(Nc2ncnc(N3CCC(C)CC3)c2N)cc1. The zero-order chi connectivity index (χ0) is 18.5. The molecule has 1 saturated heterocycles. The van der Waals surface area contributed by atoms with Gasteiger partial charge in [-0.25, -0.2) is 14.8 Å². The lowest BCUT2D eigenvalue weighted by atomic mass is 9.99. The van der Waals surface area contributed by atoms with E-state index in [1.807, 2.05) is 0 Å². The Labute approximate surface area is 153 Å². The predicted octanol–water partition coefficient (Wildman–Crippen LogP) is 3.22. The van der Waals surface area contributed by atoms with Gasteiger partial charge in [0.15, 0.2) is 11.6 Å². The summed E-state index contributed by atoms with van der Waals surface area (Å²) in [4.78, 5) is 22.6. The highest BCUT2D eigenvalue weighted by molar-refractivity contribution is 5.90. The standard InChI is InChI=1S/C19H25N5O2/c1-3-26-19(25)14-4-6-15(7-5-14)23-17-16(20)18(22-12-21-17)24-10-8-13(2)9-11-24/h4-7,12-13H,3,8-11,20H2,1-2H3,(H,21,22,23). The highest BCUT2D eigenvalue weighted by atomic mass is 16.5. The van der Waals surface area contributed by atoms with E-state index in [-0.39, 0.29) is 5.97 Å². The van der Waals surface area contributed by atoms with Gasteiger partial charge in [-0.3, -0.25) is 0 Å². The maximum Gasteiger partial charge on any atom is 0.338 e. The second kappa shape index (κ2) is 8.03. The summed E-state index contributed by atoms with van der Waals surface area (Å²) >= 11 is 0. The number of anilines is 4. The molecular formula is C19H25N5O2. The first-order valence-corrected chi connectivity index (χ1v) is 8.98. The molecule has 1 aromatic heterocycles. The van der Waals surface area contributed by atoms with Gasteiger partial charge in [0, 0.05) is 18.8 Å². The third kappa shape index (κ3) is 4.04. The molecule has 2 heterocycles. The zero-order valence-corrected chi connectivity index (χ0v) is 15.2. The maximum atomic E-state index is 11.7. The van der Waals surface area contributed by atoms with E-state index in [1.54, 1.807) is 31.2 Å². The highest BCUT2D eigenvalue weighted by Crippen LogP contribution is 2.31. The molecule has 0 atom stereocenters. The van der Waals surface area contributed by atoms with E-state index in [0.717, 1.165) is 43.4 Å². The molecule has 26 heavy (non-hydrogen) atoms. The molecule has 1 aromatic carbocycles. The zero-order valence-electron chi connectivity index (χ0n) is 15.2. The predicted molar refractivity (Wildman–Crippen MR) is 103 cm³/mol. The maximum absolute atomic E-state index is 11.7. The largest absolute Gasteiger partial charge is 0.462 e. The smallest absolute Gasteiger partial charge is 0.338 e. The van der Waals surface area contributed by atoms with Crippen LogP contribution >= 0.6 is 0 Å². The summed E-state index contributed by atoms with van der Waals surface area (Å²) in [5.41, 5.74) is 8.15. The number of aromatic nitrogens is 2. The van der Waals surface area contributed by atoms with Gasteiger partial charge in [0.1, 0.15) is 12.0 Å². The van der Waals surface area contributed by atoms with Gasteiger partial charge in [-0.15, -0.1) is 0 Å². The highest BCUT2D eigenvalue weighted by Gasteiger charge is 2.20. The van der Waals surface area contributed by atoms with Crippen LogP contribution in [0, 0.1) is 5.92 Å². The lowest BCUT2D eigenvalue weighted by molar-refractivity contribution is 0.0526. The molecule has 0 aliphatic carbocycles. The van der Waals surface area contributed by atoms with E-state index in [2.05, 4.69) is 27.1 Å². The van der Waals surface area contributed by atoms with E-state index in [0.29, 0.717) is 23.7 Å². The molecule has 7 heteroatoms. The van der Waals surface area contributed by atoms with Crippen LogP contribution in [-0.4, -0.2) is 35.6 Å². The Bertz CT molecular complexity index is 755. The molecule has 2 aromatic rings. The Morgan fingerprint density at radius 3 is 2.62 bits per heavy atom. The fourth-order valence-corrected chi connectivity index (χ4v) is 3.00. The first-order chi connectivity index (χ1) is 12.6. The van der Waals surface area contributed by atoms with Crippen molar-refractivity contribution < 1.29 is 9.53 Å². The van der Waals surface area contributed by atoms with Crippen molar-refractivity contribution in [2.75, 3.05) is 35.6 Å². The molecule has 3 N–H and O–H groups in total. The van der Waals surface area contributed by atoms with Crippen molar-refractivity contribution in [2.24, 2.45) is 5.92 Å². The van der Waals surface area contributed by atoms with Crippen LogP contribution < -0.4 is 16.0 Å². The van der Waals surface area contributed by atoms with Gasteiger partial charge in [-0.05, 0) is 49.9 Å². The van der Waals surface area contributed by atoms with Crippen molar-refractivity contribution >= 4 is 29.0 Å². The molecule has 1 aliphatic rings. The fourth-order valence-electron chi connectivity index (χ4n) is 3.00. The fraction of sp³-hybridized carbons (Fsp3) is 0.421. The Hall–Kier alpha value is -2.83. The topological polar surface area (TPSA) is 93.4 Å². The molecule has 7 nitrogen and oxygen atoms in total. The molecule has 0 bridgehead atoms. The summed E-state index contributed by atoms with van der Waals surface area (Å²) in [7, 11) is 0. The minimum atomic E-state index is -0.331. The third-order valence-electron chi connectivity index (χ3n) is 4.60. The molecular weight excluding hydrogens is 330 g/mol. The monoisotopic (exact) mass is 355 g/mol. The summed E-state index contributed by atoms with van der Waals surface area (Å²) in [5, 5.41) is 3.20. The molecule has 1 aliphatic heterocycles. The summed E-state index contributed by atoms with van der Waals surface area (Å²) in [6.07, 6.45) is 3.81. The molecule has 0 saturated carbocycles. The second-order valence-electron chi connectivity index (χ2n) is 6.55. The van der Waals surface area contributed by atoms with E-state index in [4.69, 9.17) is 10.5 Å². The number of piperidine rings is 1. The lowest BCUT2D eigenvalue weighted by Gasteiger charge is -2.32. The second-order valence-corrected chi connectivity index (χ2v) is 6.55. The van der Waals surface area contributed by atoms with Gasteiger partial charge < -0.3 is 20.7 Å². The van der Waals surface area contributed by atoms with Crippen molar-refractivity contribution in [3.8, 4) is 0 Å². The first kappa shape index (κ1) is 18.0. The average molecular weight is 355 g/mol. The third-order valence-corrected chi connectivity index (χ3v) is 4.60. The van der Waals surface area contributed by atoms with Crippen LogP contribution in [0.3, 0.4) is 0 Å². The number of hydrogen-bond donors (Lipinski definition) is 2. The van der Waals surface area contributed by atoms with Crippen LogP contribution in [0.4, 0.5) is 23.0 Å². The number of esters is 1. The Morgan fingerprint density at radius 2 is 1.96 bits per heavy atom. The van der Waals surface area contributed by atoms with Gasteiger partial charge in [-0.2, -0.15) is 0 Å². The van der Waals surface area contributed by atoms with E-state index >= 15 is 0 Å². The lowest BCUT2D eigenvalue weighted by Crippen LogP contribution is -2.34. The summed E-state index contributed by atoms with van der Waals surface area (Å²) in [5.74, 6) is 1.75. The van der Waals surface area contributed by atoms with Crippen molar-refractivity contribution in [1.29, 1.82) is 0 Å². The molecule has 138 valence electrons. The summed E-state index contributed by atoms with van der Waals surface area (Å²) < 4.78 is 4.99. The Morgan fingerprint density at radius 1 is 1.27 bits per heavy atom. The minimum Gasteiger partial charge on any atom is -0.462 e. The molecule has 0 amide bonds. The average Bonchev–Trinajstić information content (AvgIpc) is 2.65. The van der Waals surface area contributed by atoms with Crippen LogP contribution in [0.5, 0.6) is 0 Å². The number of hydrogen-bond acceptors (Lipinski definition) is 7. The van der Waals surface area contributed by atoms with Crippen LogP contribution in [-0.2, 0) is 4.74 Å². The first-order valence-electron chi connectivity index (χ1n) is 8.98. The van der Waals surface area contributed by atoms with Gasteiger partial charge in [0.05, 0.1) is 12.2 Å². The number of nitrogens with one attached hydrogen (secondary N) is 1. The number of nitrogens with two attached hydrogens (primary N) is 1. The van der Waals surface area contributed by atoms with Gasteiger partial charge in [0.25, 0.3) is 0 Å². The molecule has 3 rings (SSSR count). The summed E-state index contributed by atoms with van der Waals surface area (Å²) in [6, 6.07) is 7.03. The molecule has 1 fully saturated rings. The van der Waals surface area contributed by atoms with Gasteiger partial charge in [-0.1, -0.05) is 6.92 Å². The van der Waals surface area contributed by atoms with E-state index < -0.39 is 0 Å². The number of nitrogen functional groups attached to an aromatic ring is 1.